The van der Waals surface area contributed by atoms with Gasteiger partial charge < -0.3 is 20.7 Å². The molecule has 6 rings (SSSR count). The lowest BCUT2D eigenvalue weighted by Crippen LogP contribution is -2.62. The smallest absolute Gasteiger partial charge is 0.216 e. The number of carbonyl (C=O) groups excluding carboxylic acids is 2. The molecule has 2 unspecified atom stereocenters. The van der Waals surface area contributed by atoms with E-state index in [0.717, 1.165) is 28.2 Å². The molecular formula is C34H38N2O6S. The van der Waals surface area contributed by atoms with E-state index in [1.165, 1.54) is 11.8 Å². The number of nitroso groups, excluding NO2 is 1. The van der Waals surface area contributed by atoms with Gasteiger partial charge in [0.25, 0.3) is 0 Å². The first kappa shape index (κ1) is 29.9. The summed E-state index contributed by atoms with van der Waals surface area (Å²) < 4.78 is 6.51. The molecule has 0 radical (unpaired) electrons. The summed E-state index contributed by atoms with van der Waals surface area (Å²) in [5.74, 6) is -0.523. The van der Waals surface area contributed by atoms with Crippen LogP contribution < -0.4 is 5.73 Å². The zero-order valence-corrected chi connectivity index (χ0v) is 25.3. The number of aliphatic hydroxyl groups excluding tert-OH is 2. The van der Waals surface area contributed by atoms with Gasteiger partial charge >= 0.3 is 0 Å². The molecule has 8 nitrogen and oxygen atoms in total. The number of nitrogen functional groups attached to an aromatic ring is 1. The number of nitrogens with two attached hydrogens (primary N) is 1. The Labute approximate surface area is 255 Å². The van der Waals surface area contributed by atoms with Gasteiger partial charge in [-0.3, -0.25) is 9.59 Å². The molecule has 4 N–H and O–H groups in total. The molecule has 43 heavy (non-hydrogen) atoms. The number of rotatable bonds is 8. The van der Waals surface area contributed by atoms with E-state index in [1.807, 2.05) is 49.4 Å². The van der Waals surface area contributed by atoms with Crippen molar-refractivity contribution >= 4 is 29.0 Å². The molecule has 0 bridgehead atoms. The SMILES string of the molecule is C[C@]12C=CC(=O)C=C1CC[C@@H]1C2[C@@H](O)C[C@@]2(C)C1CC[C@]2(O[C@@H](N=O)c1ccc(Sc2cccc(N)c2)cc1)C(=O)CO. The van der Waals surface area contributed by atoms with Crippen molar-refractivity contribution in [3.63, 3.8) is 0 Å². The van der Waals surface area contributed by atoms with Crippen molar-refractivity contribution in [3.8, 4) is 0 Å². The average Bonchev–Trinajstić information content (AvgIpc) is 3.28. The Kier molecular flexibility index (Phi) is 7.74. The summed E-state index contributed by atoms with van der Waals surface area (Å²) in [5.41, 5.74) is 5.39. The van der Waals surface area contributed by atoms with Crippen LogP contribution in [0.2, 0.25) is 0 Å². The van der Waals surface area contributed by atoms with E-state index in [9.17, 15) is 24.7 Å². The molecule has 4 aliphatic carbocycles. The third kappa shape index (κ3) is 4.81. The van der Waals surface area contributed by atoms with Crippen molar-refractivity contribution in [3.05, 3.63) is 82.8 Å². The monoisotopic (exact) mass is 602 g/mol. The highest BCUT2D eigenvalue weighted by Gasteiger charge is 2.69. The molecule has 226 valence electrons. The van der Waals surface area contributed by atoms with Crippen molar-refractivity contribution in [1.82, 2.24) is 0 Å². The second-order valence-corrected chi connectivity index (χ2v) is 14.1. The number of aliphatic hydroxyl groups is 2. The van der Waals surface area contributed by atoms with Gasteiger partial charge in [0.1, 0.15) is 12.2 Å². The predicted octanol–water partition coefficient (Wildman–Crippen LogP) is 5.78. The molecule has 3 saturated carbocycles. The Bertz CT molecular complexity index is 1510. The van der Waals surface area contributed by atoms with Crippen LogP contribution in [0.15, 0.2) is 87.3 Å². The molecule has 3 fully saturated rings. The van der Waals surface area contributed by atoms with E-state index < -0.39 is 41.2 Å². The summed E-state index contributed by atoms with van der Waals surface area (Å²) in [6, 6.07) is 14.8. The van der Waals surface area contributed by atoms with Gasteiger partial charge in [0.15, 0.2) is 11.6 Å². The average molecular weight is 603 g/mol. The molecule has 2 aromatic carbocycles. The van der Waals surface area contributed by atoms with Crippen molar-refractivity contribution in [1.29, 1.82) is 0 Å². The summed E-state index contributed by atoms with van der Waals surface area (Å²) >= 11 is 1.53. The number of ether oxygens (including phenoxy) is 1. The number of hydrogen-bond acceptors (Lipinski definition) is 9. The van der Waals surface area contributed by atoms with Crippen molar-refractivity contribution in [2.24, 2.45) is 33.8 Å². The largest absolute Gasteiger partial charge is 0.399 e. The van der Waals surface area contributed by atoms with Crippen molar-refractivity contribution < 1.29 is 24.5 Å². The lowest BCUT2D eigenvalue weighted by Gasteiger charge is -2.60. The lowest BCUT2D eigenvalue weighted by atomic mass is 9.46. The maximum absolute atomic E-state index is 13.7. The minimum atomic E-state index is -1.48. The fourth-order valence-electron chi connectivity index (χ4n) is 8.91. The standard InChI is InChI=1S/C34H38N2O6S/c1-32-14-12-23(38)16-21(32)8-11-26-27-13-15-34(29(40)19-37,33(27,2)18-28(39)30(26)32)42-31(36-41)20-6-9-24(10-7-20)43-25-5-3-4-22(35)17-25/h3-7,9-10,12,14,16-17,26-28,30-31,37,39H,8,11,13,15,18-19,35H2,1-2H3/t26-,27?,28-,30?,31+,32-,33-,34-/m0/s1. The second kappa shape index (κ2) is 11.1. The maximum Gasteiger partial charge on any atom is 0.216 e. The number of Topliss-reactive ketones (excluding diaryl/α,β-unsaturated/α-hetero) is 1. The molecule has 8 atom stereocenters. The highest BCUT2D eigenvalue weighted by atomic mass is 32.2. The Morgan fingerprint density at radius 2 is 1.93 bits per heavy atom. The van der Waals surface area contributed by atoms with Gasteiger partial charge in [-0.25, -0.2) is 0 Å². The number of hydrogen-bond donors (Lipinski definition) is 3. The summed E-state index contributed by atoms with van der Waals surface area (Å²) in [6.07, 6.45) is 6.03. The highest BCUT2D eigenvalue weighted by Crippen LogP contribution is 2.68. The zero-order chi connectivity index (χ0) is 30.6. The third-order valence-corrected chi connectivity index (χ3v) is 11.9. The predicted molar refractivity (Wildman–Crippen MR) is 164 cm³/mol. The Morgan fingerprint density at radius 1 is 1.16 bits per heavy atom. The van der Waals surface area contributed by atoms with Crippen molar-refractivity contribution in [2.75, 3.05) is 12.3 Å². The van der Waals surface area contributed by atoms with E-state index >= 15 is 0 Å². The number of anilines is 1. The van der Waals surface area contributed by atoms with E-state index in [4.69, 9.17) is 10.5 Å². The van der Waals surface area contributed by atoms with Gasteiger partial charge in [0.05, 0.1) is 6.10 Å². The molecule has 4 aliphatic rings. The summed E-state index contributed by atoms with van der Waals surface area (Å²) in [5, 5.41) is 25.3. The first-order valence-electron chi connectivity index (χ1n) is 14.9. The van der Waals surface area contributed by atoms with Crippen molar-refractivity contribution in [2.45, 2.75) is 73.7 Å². The van der Waals surface area contributed by atoms with Crippen LogP contribution in [0.4, 0.5) is 5.69 Å². The highest BCUT2D eigenvalue weighted by molar-refractivity contribution is 7.99. The minimum absolute atomic E-state index is 0.0187. The first-order valence-corrected chi connectivity index (χ1v) is 15.8. The zero-order valence-electron chi connectivity index (χ0n) is 24.4. The number of carbonyl (C=O) groups is 2. The van der Waals surface area contributed by atoms with Gasteiger partial charge in [-0.2, -0.15) is 0 Å². The number of ketones is 2. The van der Waals surface area contributed by atoms with Crippen LogP contribution >= 0.6 is 11.8 Å². The fourth-order valence-corrected chi connectivity index (χ4v) is 9.80. The summed E-state index contributed by atoms with van der Waals surface area (Å²) in [6.45, 7) is 3.34. The van der Waals surface area contributed by atoms with Gasteiger partial charge in [-0.15, -0.1) is 4.91 Å². The summed E-state index contributed by atoms with van der Waals surface area (Å²) in [4.78, 5) is 40.0. The molecule has 0 amide bonds. The first-order chi connectivity index (χ1) is 20.5. The van der Waals surface area contributed by atoms with Gasteiger partial charge in [-0.1, -0.05) is 55.5 Å². The Morgan fingerprint density at radius 3 is 2.63 bits per heavy atom. The molecule has 0 spiro atoms. The molecule has 2 aromatic rings. The van der Waals surface area contributed by atoms with Crippen LogP contribution in [-0.4, -0.2) is 40.1 Å². The topological polar surface area (TPSA) is 139 Å². The molecule has 0 aliphatic heterocycles. The molecule has 0 saturated heterocycles. The molecule has 0 heterocycles. The van der Waals surface area contributed by atoms with Gasteiger partial charge in [0, 0.05) is 37.8 Å². The lowest BCUT2D eigenvalue weighted by molar-refractivity contribution is -0.206. The van der Waals surface area contributed by atoms with E-state index in [1.54, 1.807) is 24.3 Å². The second-order valence-electron chi connectivity index (χ2n) is 13.0. The number of benzene rings is 2. The molecule has 9 heteroatoms. The fraction of sp³-hybridized carbons (Fsp3) is 0.471. The van der Waals surface area contributed by atoms with Crippen LogP contribution in [0.3, 0.4) is 0 Å². The number of nitrogens with zero attached hydrogens (tertiary/aromatic N) is 1. The van der Waals surface area contributed by atoms with Crippen LogP contribution in [0.5, 0.6) is 0 Å². The maximum atomic E-state index is 13.7. The number of fused-ring (bicyclic) bond motifs is 5. The number of allylic oxidation sites excluding steroid dienone is 4. The quantitative estimate of drug-likeness (QED) is 0.255. The molecular weight excluding hydrogens is 564 g/mol. The van der Waals surface area contributed by atoms with Crippen LogP contribution in [0.25, 0.3) is 0 Å². The normalized spacial score (nSPS) is 35.3. The Balaban J connectivity index is 1.29. The van der Waals surface area contributed by atoms with Gasteiger partial charge in [0.2, 0.25) is 6.23 Å². The van der Waals surface area contributed by atoms with Gasteiger partial charge in [-0.05, 0) is 91.6 Å². The van der Waals surface area contributed by atoms with Crippen LogP contribution in [0, 0.1) is 33.5 Å². The van der Waals surface area contributed by atoms with Crippen LogP contribution in [0.1, 0.15) is 57.7 Å². The van der Waals surface area contributed by atoms with E-state index in [0.29, 0.717) is 24.1 Å². The van der Waals surface area contributed by atoms with E-state index in [-0.39, 0.29) is 30.0 Å². The summed E-state index contributed by atoms with van der Waals surface area (Å²) in [7, 11) is 0. The van der Waals surface area contributed by atoms with E-state index in [2.05, 4.69) is 12.1 Å². The Hall–Kier alpha value is -3.11. The van der Waals surface area contributed by atoms with Crippen LogP contribution in [-0.2, 0) is 14.3 Å². The molecule has 0 aromatic heterocycles. The third-order valence-electron chi connectivity index (χ3n) is 10.9. The minimum Gasteiger partial charge on any atom is -0.399 e.